The van der Waals surface area contributed by atoms with Gasteiger partial charge in [0, 0.05) is 5.70 Å². The molecule has 2 aromatic rings. The van der Waals surface area contributed by atoms with Crippen LogP contribution in [0.2, 0.25) is 0 Å². The third-order valence-corrected chi connectivity index (χ3v) is 1.85. The lowest BCUT2D eigenvalue weighted by Crippen LogP contribution is -1.93. The number of rotatable bonds is 2. The van der Waals surface area contributed by atoms with Gasteiger partial charge in [-0.3, -0.25) is 0 Å². The number of aromatic nitrogens is 3. The second-order valence-electron chi connectivity index (χ2n) is 2.89. The predicted molar refractivity (Wildman–Crippen MR) is 56.0 cm³/mol. The van der Waals surface area contributed by atoms with Crippen LogP contribution in [0.4, 0.5) is 0 Å². The van der Waals surface area contributed by atoms with Crippen molar-refractivity contribution in [1.82, 2.24) is 14.8 Å². The van der Waals surface area contributed by atoms with E-state index in [2.05, 4.69) is 17.0 Å². The second kappa shape index (κ2) is 3.87. The van der Waals surface area contributed by atoms with Crippen molar-refractivity contribution in [1.29, 1.82) is 0 Å². The van der Waals surface area contributed by atoms with Crippen molar-refractivity contribution in [3.63, 3.8) is 0 Å². The van der Waals surface area contributed by atoms with Gasteiger partial charge in [0.25, 0.3) is 0 Å². The van der Waals surface area contributed by atoms with Crippen LogP contribution in [0, 0.1) is 6.92 Å². The van der Waals surface area contributed by atoms with E-state index < -0.39 is 0 Å². The maximum absolute atomic E-state index is 3.99. The molecule has 0 bridgehead atoms. The van der Waals surface area contributed by atoms with E-state index in [1.807, 2.05) is 36.4 Å². The summed E-state index contributed by atoms with van der Waals surface area (Å²) in [6.45, 7) is 3.90. The normalized spacial score (nSPS) is 11.6. The minimum absolute atomic E-state index is 0.800. The Morgan fingerprint density at radius 3 is 2.71 bits per heavy atom. The standard InChI is InChI=1S/C11H10N3/c1-10(14-9-12-8-13-14)7-11-5-3-2-4-6-11/h2-9H,1H2. The zero-order valence-electron chi connectivity index (χ0n) is 7.67. The van der Waals surface area contributed by atoms with Crippen molar-refractivity contribution in [2.45, 2.75) is 0 Å². The predicted octanol–water partition coefficient (Wildman–Crippen LogP) is 2.11. The van der Waals surface area contributed by atoms with E-state index in [1.54, 1.807) is 11.0 Å². The number of benzene rings is 1. The van der Waals surface area contributed by atoms with Gasteiger partial charge in [0.2, 0.25) is 0 Å². The van der Waals surface area contributed by atoms with Gasteiger partial charge in [-0.2, -0.15) is 5.10 Å². The number of allylic oxidation sites excluding steroid dienone is 1. The topological polar surface area (TPSA) is 30.7 Å². The van der Waals surface area contributed by atoms with E-state index in [1.165, 1.54) is 6.33 Å². The molecule has 3 heteroatoms. The molecule has 69 valence electrons. The number of hydrogen-bond donors (Lipinski definition) is 0. The Morgan fingerprint density at radius 1 is 1.29 bits per heavy atom. The molecule has 1 heterocycles. The summed E-state index contributed by atoms with van der Waals surface area (Å²) in [7, 11) is 0. The lowest BCUT2D eigenvalue weighted by atomic mass is 10.2. The molecular formula is C11H10N3. The first kappa shape index (κ1) is 8.69. The van der Waals surface area contributed by atoms with Gasteiger partial charge in [0.1, 0.15) is 12.7 Å². The van der Waals surface area contributed by atoms with E-state index in [-0.39, 0.29) is 0 Å². The molecule has 3 nitrogen and oxygen atoms in total. The van der Waals surface area contributed by atoms with Gasteiger partial charge < -0.3 is 0 Å². The Labute approximate surface area is 82.7 Å². The number of nitrogens with zero attached hydrogens (tertiary/aromatic N) is 3. The largest absolute Gasteiger partial charge is 0.225 e. The van der Waals surface area contributed by atoms with Gasteiger partial charge in [-0.05, 0) is 18.6 Å². The second-order valence-corrected chi connectivity index (χ2v) is 2.89. The third kappa shape index (κ3) is 1.88. The average Bonchev–Trinajstić information content (AvgIpc) is 2.72. The van der Waals surface area contributed by atoms with E-state index in [0.29, 0.717) is 0 Å². The highest BCUT2D eigenvalue weighted by Crippen LogP contribution is 2.08. The van der Waals surface area contributed by atoms with Gasteiger partial charge in [-0.1, -0.05) is 30.3 Å². The lowest BCUT2D eigenvalue weighted by molar-refractivity contribution is 0.912. The molecule has 0 aliphatic heterocycles. The Balaban J connectivity index is 2.28. The van der Waals surface area contributed by atoms with E-state index in [9.17, 15) is 0 Å². The van der Waals surface area contributed by atoms with Gasteiger partial charge in [-0.25, -0.2) is 9.67 Å². The summed E-state index contributed by atoms with van der Waals surface area (Å²) in [4.78, 5) is 3.86. The van der Waals surface area contributed by atoms with E-state index >= 15 is 0 Å². The summed E-state index contributed by atoms with van der Waals surface area (Å²) in [5.41, 5.74) is 1.90. The molecule has 0 N–H and O–H groups in total. The van der Waals surface area contributed by atoms with Crippen molar-refractivity contribution in [3.05, 3.63) is 55.5 Å². The monoisotopic (exact) mass is 184 g/mol. The molecule has 0 spiro atoms. The summed E-state index contributed by atoms with van der Waals surface area (Å²) >= 11 is 0. The van der Waals surface area contributed by atoms with Gasteiger partial charge >= 0.3 is 0 Å². The minimum Gasteiger partial charge on any atom is -0.225 e. The molecule has 0 atom stereocenters. The summed E-state index contributed by atoms with van der Waals surface area (Å²) in [6.07, 6.45) is 5.07. The van der Waals surface area contributed by atoms with Gasteiger partial charge in [-0.15, -0.1) is 0 Å². The molecule has 1 aromatic carbocycles. The fraction of sp³-hybridized carbons (Fsp3) is 0. The molecule has 1 radical (unpaired) electrons. The molecule has 1 aromatic heterocycles. The molecule has 0 aliphatic rings. The maximum Gasteiger partial charge on any atom is 0.138 e. The van der Waals surface area contributed by atoms with Crippen molar-refractivity contribution >= 4 is 11.8 Å². The smallest absolute Gasteiger partial charge is 0.138 e. The van der Waals surface area contributed by atoms with Crippen LogP contribution in [-0.4, -0.2) is 14.8 Å². The zero-order valence-corrected chi connectivity index (χ0v) is 7.67. The molecule has 0 aliphatic carbocycles. The summed E-state index contributed by atoms with van der Waals surface area (Å²) in [5.74, 6) is 0. The highest BCUT2D eigenvalue weighted by atomic mass is 15.3. The Morgan fingerprint density at radius 2 is 2.07 bits per heavy atom. The first-order valence-electron chi connectivity index (χ1n) is 4.30. The molecule has 2 rings (SSSR count). The zero-order chi connectivity index (χ0) is 9.80. The summed E-state index contributed by atoms with van der Waals surface area (Å²) in [5, 5.41) is 3.99. The van der Waals surface area contributed by atoms with Crippen LogP contribution in [0.15, 0.2) is 43.0 Å². The quantitative estimate of drug-likeness (QED) is 0.715. The molecule has 0 unspecified atom stereocenters. The fourth-order valence-corrected chi connectivity index (χ4v) is 1.16. The Bertz CT molecular complexity index is 415. The summed E-state index contributed by atoms with van der Waals surface area (Å²) in [6, 6.07) is 9.99. The van der Waals surface area contributed by atoms with Crippen molar-refractivity contribution in [2.75, 3.05) is 0 Å². The highest BCUT2D eigenvalue weighted by Gasteiger charge is 1.93. The fourth-order valence-electron chi connectivity index (χ4n) is 1.16. The van der Waals surface area contributed by atoms with Crippen LogP contribution in [-0.2, 0) is 0 Å². The maximum atomic E-state index is 3.99. The van der Waals surface area contributed by atoms with E-state index in [0.717, 1.165) is 11.3 Å². The molecular weight excluding hydrogens is 174 g/mol. The minimum atomic E-state index is 0.800. The molecule has 0 saturated carbocycles. The van der Waals surface area contributed by atoms with Crippen LogP contribution >= 0.6 is 0 Å². The van der Waals surface area contributed by atoms with Crippen LogP contribution in [0.5, 0.6) is 0 Å². The lowest BCUT2D eigenvalue weighted by Gasteiger charge is -1.99. The first-order chi connectivity index (χ1) is 6.86. The van der Waals surface area contributed by atoms with Gasteiger partial charge in [0.05, 0.1) is 0 Å². The Hall–Kier alpha value is -1.90. The van der Waals surface area contributed by atoms with Crippen LogP contribution in [0.3, 0.4) is 0 Å². The molecule has 0 saturated heterocycles. The first-order valence-corrected chi connectivity index (χ1v) is 4.30. The average molecular weight is 184 g/mol. The van der Waals surface area contributed by atoms with Crippen LogP contribution < -0.4 is 0 Å². The van der Waals surface area contributed by atoms with E-state index in [4.69, 9.17) is 0 Å². The van der Waals surface area contributed by atoms with Crippen molar-refractivity contribution in [2.24, 2.45) is 0 Å². The third-order valence-electron chi connectivity index (χ3n) is 1.85. The highest BCUT2D eigenvalue weighted by molar-refractivity contribution is 5.71. The molecule has 14 heavy (non-hydrogen) atoms. The number of hydrogen-bond acceptors (Lipinski definition) is 2. The van der Waals surface area contributed by atoms with Crippen LogP contribution in [0.25, 0.3) is 11.8 Å². The van der Waals surface area contributed by atoms with Crippen molar-refractivity contribution < 1.29 is 0 Å². The van der Waals surface area contributed by atoms with Crippen molar-refractivity contribution in [3.8, 4) is 0 Å². The molecule has 0 fully saturated rings. The van der Waals surface area contributed by atoms with Crippen LogP contribution in [0.1, 0.15) is 5.56 Å². The Kier molecular flexibility index (Phi) is 2.40. The summed E-state index contributed by atoms with van der Waals surface area (Å²) < 4.78 is 1.63. The molecule has 0 amide bonds. The SMILES string of the molecule is [CH2]C(=Cc1ccccc1)n1cncn1. The van der Waals surface area contributed by atoms with Gasteiger partial charge in [0.15, 0.2) is 0 Å².